The number of hydroxylamine groups is 2. The second kappa shape index (κ2) is 7.83. The summed E-state index contributed by atoms with van der Waals surface area (Å²) in [7, 11) is 0. The molecule has 0 aliphatic carbocycles. The van der Waals surface area contributed by atoms with Crippen LogP contribution < -0.4 is 5.73 Å². The molecule has 2 atom stereocenters. The Kier molecular flexibility index (Phi) is 5.00. The van der Waals surface area contributed by atoms with Crippen molar-refractivity contribution < 1.29 is 14.4 Å². The maximum absolute atomic E-state index is 13.1. The van der Waals surface area contributed by atoms with Crippen LogP contribution in [0.25, 0.3) is 10.4 Å². The molecule has 0 unspecified atom stereocenters. The van der Waals surface area contributed by atoms with Crippen LogP contribution in [0.2, 0.25) is 0 Å². The molecule has 7 heteroatoms. The van der Waals surface area contributed by atoms with Crippen LogP contribution in [0.1, 0.15) is 40.6 Å². The number of nitrogens with two attached hydrogens (primary N) is 1. The van der Waals surface area contributed by atoms with Gasteiger partial charge in [-0.15, -0.1) is 11.3 Å². The first-order valence-electron chi connectivity index (χ1n) is 10.4. The Bertz CT molecular complexity index is 1140. The van der Waals surface area contributed by atoms with Crippen molar-refractivity contribution in [2.45, 2.75) is 32.0 Å². The Hall–Kier alpha value is -3.16. The number of urea groups is 1. The number of carbonyl (C=O) groups excluding carboxylic acids is 2. The van der Waals surface area contributed by atoms with E-state index in [0.717, 1.165) is 32.9 Å². The van der Waals surface area contributed by atoms with Gasteiger partial charge in [-0.05, 0) is 34.7 Å². The Morgan fingerprint density at radius 3 is 2.65 bits per heavy atom. The van der Waals surface area contributed by atoms with Crippen LogP contribution in [0.3, 0.4) is 0 Å². The number of hydrogen-bond acceptors (Lipinski definition) is 4. The number of fused-ring (bicyclic) bond motifs is 4. The van der Waals surface area contributed by atoms with Crippen LogP contribution in [0.4, 0.5) is 4.79 Å². The average Bonchev–Trinajstić information content (AvgIpc) is 3.34. The van der Waals surface area contributed by atoms with Gasteiger partial charge in [0.25, 0.3) is 0 Å². The lowest BCUT2D eigenvalue weighted by Crippen LogP contribution is -2.40. The molecule has 2 aliphatic rings. The third-order valence-electron chi connectivity index (χ3n) is 5.94. The van der Waals surface area contributed by atoms with Crippen molar-refractivity contribution in [1.82, 2.24) is 9.96 Å². The molecule has 2 N–H and O–H groups in total. The van der Waals surface area contributed by atoms with E-state index in [2.05, 4.69) is 25.1 Å². The molecule has 2 aliphatic heterocycles. The molecular weight excluding hydrogens is 410 g/mol. The van der Waals surface area contributed by atoms with Gasteiger partial charge < -0.3 is 10.6 Å². The monoisotopic (exact) mass is 433 g/mol. The maximum Gasteiger partial charge on any atom is 0.345 e. The van der Waals surface area contributed by atoms with E-state index in [4.69, 9.17) is 10.6 Å². The zero-order valence-electron chi connectivity index (χ0n) is 17.2. The van der Waals surface area contributed by atoms with Crippen molar-refractivity contribution in [3.05, 3.63) is 82.2 Å². The third kappa shape index (κ3) is 3.30. The second-order valence-electron chi connectivity index (χ2n) is 7.78. The van der Waals surface area contributed by atoms with Gasteiger partial charge in [-0.1, -0.05) is 61.5 Å². The van der Waals surface area contributed by atoms with Gasteiger partial charge in [0, 0.05) is 9.75 Å². The number of hydrogen-bond donors (Lipinski definition) is 1. The van der Waals surface area contributed by atoms with E-state index in [-0.39, 0.29) is 18.7 Å². The van der Waals surface area contributed by atoms with Gasteiger partial charge in [-0.2, -0.15) is 5.06 Å². The number of thiophene rings is 1. The van der Waals surface area contributed by atoms with Gasteiger partial charge >= 0.3 is 6.03 Å². The highest BCUT2D eigenvalue weighted by atomic mass is 32.1. The van der Waals surface area contributed by atoms with E-state index in [1.165, 1.54) is 15.5 Å². The lowest BCUT2D eigenvalue weighted by molar-refractivity contribution is -0.141. The smallest absolute Gasteiger partial charge is 0.345 e. The molecule has 158 valence electrons. The Morgan fingerprint density at radius 2 is 1.90 bits per heavy atom. The molecule has 2 aromatic carbocycles. The molecule has 5 rings (SSSR count). The minimum atomic E-state index is -0.767. The topological polar surface area (TPSA) is 75.9 Å². The van der Waals surface area contributed by atoms with Gasteiger partial charge in [0.2, 0.25) is 5.91 Å². The lowest BCUT2D eigenvalue weighted by atomic mass is 9.97. The lowest BCUT2D eigenvalue weighted by Gasteiger charge is -2.28. The first-order chi connectivity index (χ1) is 15.1. The first kappa shape index (κ1) is 19.8. The molecule has 0 saturated carbocycles. The molecule has 3 heterocycles. The van der Waals surface area contributed by atoms with E-state index in [9.17, 15) is 9.59 Å². The fraction of sp³-hybridized carbons (Fsp3) is 0.250. The molecule has 1 saturated heterocycles. The summed E-state index contributed by atoms with van der Waals surface area (Å²) < 4.78 is 0. The molecule has 1 aromatic heterocycles. The van der Waals surface area contributed by atoms with Gasteiger partial charge in [0.1, 0.15) is 18.7 Å². The van der Waals surface area contributed by atoms with Crippen LogP contribution in [0.5, 0.6) is 0 Å². The molecule has 31 heavy (non-hydrogen) atoms. The van der Waals surface area contributed by atoms with Crippen molar-refractivity contribution >= 4 is 23.3 Å². The predicted molar refractivity (Wildman–Crippen MR) is 119 cm³/mol. The highest BCUT2D eigenvalue weighted by Crippen LogP contribution is 2.49. The van der Waals surface area contributed by atoms with E-state index in [0.29, 0.717) is 6.54 Å². The zero-order chi connectivity index (χ0) is 21.5. The van der Waals surface area contributed by atoms with Crippen LogP contribution >= 0.6 is 11.3 Å². The summed E-state index contributed by atoms with van der Waals surface area (Å²) in [6.07, 6.45) is 0.915. The third-order valence-corrected chi connectivity index (χ3v) is 7.18. The second-order valence-corrected chi connectivity index (χ2v) is 8.87. The summed E-state index contributed by atoms with van der Waals surface area (Å²) in [4.78, 5) is 34.9. The number of aryl methyl sites for hydroxylation is 1. The van der Waals surface area contributed by atoms with E-state index >= 15 is 0 Å². The molecule has 1 fully saturated rings. The van der Waals surface area contributed by atoms with Crippen LogP contribution in [0, 0.1) is 0 Å². The highest BCUT2D eigenvalue weighted by molar-refractivity contribution is 7.16. The molecule has 0 radical (unpaired) electrons. The maximum atomic E-state index is 13.1. The fourth-order valence-corrected chi connectivity index (χ4v) is 5.82. The number of rotatable bonds is 6. The Labute approximate surface area is 184 Å². The number of amides is 3. The number of nitrogens with zero attached hydrogens (tertiary/aromatic N) is 2. The molecule has 0 spiro atoms. The van der Waals surface area contributed by atoms with Crippen molar-refractivity contribution in [1.29, 1.82) is 0 Å². The highest BCUT2D eigenvalue weighted by Gasteiger charge is 2.51. The predicted octanol–water partition coefficient (Wildman–Crippen LogP) is 4.43. The number of benzene rings is 2. The van der Waals surface area contributed by atoms with E-state index in [1.807, 2.05) is 42.5 Å². The zero-order valence-corrected chi connectivity index (χ0v) is 18.0. The van der Waals surface area contributed by atoms with Crippen molar-refractivity contribution in [3.8, 4) is 10.4 Å². The van der Waals surface area contributed by atoms with Gasteiger partial charge in [-0.3, -0.25) is 9.63 Å². The molecule has 3 aromatic rings. The van der Waals surface area contributed by atoms with Crippen LogP contribution in [0.15, 0.2) is 60.7 Å². The SMILES string of the molecule is CCc1ccccc1-c1cc2c(s1)[C@@H](C(N)=O)N1C[C@H]2N(OCc2ccccc2)C1=O. The average molecular weight is 434 g/mol. The first-order valence-corrected chi connectivity index (χ1v) is 11.2. The van der Waals surface area contributed by atoms with E-state index in [1.54, 1.807) is 11.3 Å². The Morgan fingerprint density at radius 1 is 1.16 bits per heavy atom. The number of primary amides is 1. The van der Waals surface area contributed by atoms with Gasteiger partial charge in [0.15, 0.2) is 0 Å². The minimum absolute atomic E-state index is 0.263. The fourth-order valence-electron chi connectivity index (χ4n) is 4.42. The summed E-state index contributed by atoms with van der Waals surface area (Å²) in [5.41, 5.74) is 10.1. The molecular formula is C24H23N3O3S. The molecule has 6 nitrogen and oxygen atoms in total. The normalized spacial score (nSPS) is 19.6. The number of carbonyl (C=O) groups is 2. The largest absolute Gasteiger partial charge is 0.368 e. The van der Waals surface area contributed by atoms with Gasteiger partial charge in [-0.25, -0.2) is 4.79 Å². The van der Waals surface area contributed by atoms with Crippen molar-refractivity contribution in [3.63, 3.8) is 0 Å². The van der Waals surface area contributed by atoms with Crippen LogP contribution in [-0.2, 0) is 22.7 Å². The van der Waals surface area contributed by atoms with E-state index < -0.39 is 11.9 Å². The molecule has 3 amide bonds. The quantitative estimate of drug-likeness (QED) is 0.625. The summed E-state index contributed by atoms with van der Waals surface area (Å²) in [5.74, 6) is -0.518. The summed E-state index contributed by atoms with van der Waals surface area (Å²) in [6, 6.07) is 18.7. The summed E-state index contributed by atoms with van der Waals surface area (Å²) >= 11 is 1.54. The minimum Gasteiger partial charge on any atom is -0.368 e. The Balaban J connectivity index is 1.53. The standard InChI is InChI=1S/C24H23N3O3S/c1-2-16-10-6-7-11-17(16)20-12-18-19-13-26(21(23(25)28)22(18)31-20)24(29)27(19)30-14-15-8-4-3-5-9-15/h3-12,19,21H,2,13-14H2,1H3,(H2,25,28)/t19-,21+/m1/s1. The van der Waals surface area contributed by atoms with Crippen LogP contribution in [-0.4, -0.2) is 28.4 Å². The summed E-state index contributed by atoms with van der Waals surface area (Å²) in [6.45, 7) is 2.80. The van der Waals surface area contributed by atoms with Crippen molar-refractivity contribution in [2.75, 3.05) is 6.54 Å². The van der Waals surface area contributed by atoms with Gasteiger partial charge in [0.05, 0.1) is 6.54 Å². The van der Waals surface area contributed by atoms with Crippen molar-refractivity contribution in [2.24, 2.45) is 5.73 Å². The molecule has 2 bridgehead atoms. The summed E-state index contributed by atoms with van der Waals surface area (Å²) in [5, 5.41) is 1.41.